The monoisotopic (exact) mass is 262 g/mol. The number of H-pyrrole nitrogens is 2. The smallest absolute Gasteiger partial charge is 0.323 e. The number of nitrogens with one attached hydrogen (secondary N) is 4. The zero-order valence-corrected chi connectivity index (χ0v) is 10.4. The Morgan fingerprint density at radius 3 is 2.63 bits per heavy atom. The number of carbonyl (C=O) groups is 2. The maximum atomic E-state index is 11.6. The maximum absolute atomic E-state index is 11.6. The van der Waals surface area contributed by atoms with Crippen LogP contribution in [0.1, 0.15) is 13.3 Å². The van der Waals surface area contributed by atoms with Crippen molar-refractivity contribution < 1.29 is 9.59 Å². The quantitative estimate of drug-likeness (QED) is 0.637. The lowest BCUT2D eigenvalue weighted by Gasteiger charge is -2.06. The Bertz CT molecular complexity index is 671. The van der Waals surface area contributed by atoms with Crippen LogP contribution < -0.4 is 16.3 Å². The lowest BCUT2D eigenvalue weighted by Crippen LogP contribution is -2.32. The fourth-order valence-electron chi connectivity index (χ4n) is 1.62. The summed E-state index contributed by atoms with van der Waals surface area (Å²) >= 11 is 0. The molecule has 0 unspecified atom stereocenters. The molecule has 0 aliphatic rings. The van der Waals surface area contributed by atoms with Gasteiger partial charge >= 0.3 is 5.69 Å². The van der Waals surface area contributed by atoms with Gasteiger partial charge in [-0.05, 0) is 18.2 Å². The van der Waals surface area contributed by atoms with Crippen molar-refractivity contribution >= 4 is 28.5 Å². The molecule has 0 aliphatic carbocycles. The van der Waals surface area contributed by atoms with Gasteiger partial charge in [-0.15, -0.1) is 0 Å². The molecule has 4 N–H and O–H groups in total. The van der Waals surface area contributed by atoms with Crippen molar-refractivity contribution in [2.24, 2.45) is 0 Å². The number of aromatic amines is 2. The lowest BCUT2D eigenvalue weighted by atomic mass is 10.2. The SMILES string of the molecule is CCC(=O)NCC(=O)Nc1ccc2[nH]c(=O)[nH]c2c1. The molecule has 0 saturated heterocycles. The largest absolute Gasteiger partial charge is 0.347 e. The van der Waals surface area contributed by atoms with Gasteiger partial charge in [0, 0.05) is 12.1 Å². The topological polar surface area (TPSA) is 107 Å². The second-order valence-electron chi connectivity index (χ2n) is 4.02. The normalized spacial score (nSPS) is 10.4. The van der Waals surface area contributed by atoms with Gasteiger partial charge in [0.2, 0.25) is 11.8 Å². The second-order valence-corrected chi connectivity index (χ2v) is 4.02. The zero-order chi connectivity index (χ0) is 13.8. The van der Waals surface area contributed by atoms with Crippen LogP contribution in [0.2, 0.25) is 0 Å². The molecule has 100 valence electrons. The average Bonchev–Trinajstić information content (AvgIpc) is 2.75. The summed E-state index contributed by atoms with van der Waals surface area (Å²) in [5.41, 5.74) is 1.54. The van der Waals surface area contributed by atoms with E-state index in [0.717, 1.165) is 0 Å². The Labute approximate surface area is 108 Å². The molecule has 0 aliphatic heterocycles. The van der Waals surface area contributed by atoms with Crippen molar-refractivity contribution in [3.63, 3.8) is 0 Å². The molecule has 0 saturated carbocycles. The van der Waals surface area contributed by atoms with Gasteiger partial charge in [-0.2, -0.15) is 0 Å². The molecule has 0 bridgehead atoms. The molecular formula is C12H14N4O3. The third kappa shape index (κ3) is 3.21. The molecule has 1 aromatic carbocycles. The summed E-state index contributed by atoms with van der Waals surface area (Å²) in [5, 5.41) is 5.11. The van der Waals surface area contributed by atoms with Gasteiger partial charge in [-0.25, -0.2) is 4.79 Å². The maximum Gasteiger partial charge on any atom is 0.323 e. The number of hydrogen-bond donors (Lipinski definition) is 4. The minimum atomic E-state index is -0.320. The van der Waals surface area contributed by atoms with Gasteiger partial charge in [0.1, 0.15) is 0 Å². The molecule has 0 fully saturated rings. The Kier molecular flexibility index (Phi) is 3.65. The van der Waals surface area contributed by atoms with Crippen molar-refractivity contribution in [1.29, 1.82) is 0 Å². The van der Waals surface area contributed by atoms with Crippen LogP contribution in [0.5, 0.6) is 0 Å². The summed E-state index contributed by atoms with van der Waals surface area (Å²) in [6, 6.07) is 5.01. The van der Waals surface area contributed by atoms with Gasteiger partial charge < -0.3 is 20.6 Å². The zero-order valence-electron chi connectivity index (χ0n) is 10.4. The van der Waals surface area contributed by atoms with E-state index in [1.807, 2.05) is 0 Å². The Hall–Kier alpha value is -2.57. The van der Waals surface area contributed by atoms with Gasteiger partial charge in [-0.3, -0.25) is 9.59 Å². The standard InChI is InChI=1S/C12H14N4O3/c1-2-10(17)13-6-11(18)14-7-3-4-8-9(5-7)16-12(19)15-8/h3-5H,2,6H2,1H3,(H,13,17)(H,14,18)(H2,15,16,19). The molecule has 2 rings (SSSR count). The molecule has 7 heteroatoms. The third-order valence-electron chi connectivity index (χ3n) is 2.57. The van der Waals surface area contributed by atoms with Crippen LogP contribution in [-0.2, 0) is 9.59 Å². The summed E-state index contributed by atoms with van der Waals surface area (Å²) in [7, 11) is 0. The van der Waals surface area contributed by atoms with Crippen LogP contribution in [0.4, 0.5) is 5.69 Å². The van der Waals surface area contributed by atoms with Crippen LogP contribution >= 0.6 is 0 Å². The number of benzene rings is 1. The first kappa shape index (κ1) is 12.9. The summed E-state index contributed by atoms with van der Waals surface area (Å²) < 4.78 is 0. The number of amides is 2. The predicted molar refractivity (Wildman–Crippen MR) is 70.8 cm³/mol. The average molecular weight is 262 g/mol. The number of fused-ring (bicyclic) bond motifs is 1. The van der Waals surface area contributed by atoms with Crippen LogP contribution in [0.25, 0.3) is 11.0 Å². The number of aromatic nitrogens is 2. The molecule has 2 amide bonds. The summed E-state index contributed by atoms with van der Waals surface area (Å²) in [6.45, 7) is 1.64. The first-order valence-electron chi connectivity index (χ1n) is 5.87. The highest BCUT2D eigenvalue weighted by Crippen LogP contribution is 2.14. The van der Waals surface area contributed by atoms with E-state index in [1.54, 1.807) is 25.1 Å². The molecule has 1 heterocycles. The number of imidazole rings is 1. The molecule has 0 atom stereocenters. The van der Waals surface area contributed by atoms with Crippen molar-refractivity contribution in [2.75, 3.05) is 11.9 Å². The van der Waals surface area contributed by atoms with E-state index in [2.05, 4.69) is 20.6 Å². The lowest BCUT2D eigenvalue weighted by molar-refractivity contribution is -0.123. The molecule has 7 nitrogen and oxygen atoms in total. The van der Waals surface area contributed by atoms with E-state index >= 15 is 0 Å². The first-order chi connectivity index (χ1) is 9.08. The van der Waals surface area contributed by atoms with E-state index < -0.39 is 0 Å². The number of anilines is 1. The number of carbonyl (C=O) groups excluding carboxylic acids is 2. The van der Waals surface area contributed by atoms with E-state index in [0.29, 0.717) is 23.1 Å². The number of hydrogen-bond acceptors (Lipinski definition) is 3. The Morgan fingerprint density at radius 2 is 1.89 bits per heavy atom. The van der Waals surface area contributed by atoms with Crippen molar-refractivity contribution in [3.05, 3.63) is 28.7 Å². The number of rotatable bonds is 4. The summed E-state index contributed by atoms with van der Waals surface area (Å²) in [6.07, 6.45) is 0.337. The minimum Gasteiger partial charge on any atom is -0.347 e. The molecule has 0 radical (unpaired) electrons. The first-order valence-corrected chi connectivity index (χ1v) is 5.87. The Balaban J connectivity index is 2.02. The van der Waals surface area contributed by atoms with E-state index in [9.17, 15) is 14.4 Å². The highest BCUT2D eigenvalue weighted by Gasteiger charge is 2.05. The van der Waals surface area contributed by atoms with Crippen LogP contribution in [-0.4, -0.2) is 28.3 Å². The van der Waals surface area contributed by atoms with E-state index in [1.165, 1.54) is 0 Å². The molecule has 1 aromatic heterocycles. The van der Waals surface area contributed by atoms with E-state index in [4.69, 9.17) is 0 Å². The van der Waals surface area contributed by atoms with Crippen LogP contribution in [0.15, 0.2) is 23.0 Å². The molecular weight excluding hydrogens is 248 g/mol. The van der Waals surface area contributed by atoms with E-state index in [-0.39, 0.29) is 24.0 Å². The van der Waals surface area contributed by atoms with Crippen LogP contribution in [0, 0.1) is 0 Å². The fraction of sp³-hybridized carbons (Fsp3) is 0.250. The highest BCUT2D eigenvalue weighted by molar-refractivity contribution is 5.95. The molecule has 0 spiro atoms. The summed E-state index contributed by atoms with van der Waals surface area (Å²) in [4.78, 5) is 38.9. The summed E-state index contributed by atoms with van der Waals surface area (Å²) in [5.74, 6) is -0.500. The van der Waals surface area contributed by atoms with Gasteiger partial charge in [-0.1, -0.05) is 6.92 Å². The van der Waals surface area contributed by atoms with Crippen molar-refractivity contribution in [2.45, 2.75) is 13.3 Å². The fourth-order valence-corrected chi connectivity index (χ4v) is 1.62. The van der Waals surface area contributed by atoms with Crippen LogP contribution in [0.3, 0.4) is 0 Å². The predicted octanol–water partition coefficient (Wildman–Crippen LogP) is 0.321. The van der Waals surface area contributed by atoms with Crippen molar-refractivity contribution in [3.8, 4) is 0 Å². The van der Waals surface area contributed by atoms with Gasteiger partial charge in [0.25, 0.3) is 0 Å². The van der Waals surface area contributed by atoms with Gasteiger partial charge in [0.15, 0.2) is 0 Å². The highest BCUT2D eigenvalue weighted by atomic mass is 16.2. The molecule has 2 aromatic rings. The Morgan fingerprint density at radius 1 is 1.16 bits per heavy atom. The minimum absolute atomic E-state index is 0.0750. The van der Waals surface area contributed by atoms with Gasteiger partial charge in [0.05, 0.1) is 17.6 Å². The third-order valence-corrected chi connectivity index (χ3v) is 2.57. The van der Waals surface area contributed by atoms with Crippen molar-refractivity contribution in [1.82, 2.24) is 15.3 Å². The molecule has 19 heavy (non-hydrogen) atoms. The second kappa shape index (κ2) is 5.38.